The Balaban J connectivity index is 1.59. The molecular weight excluding hydrogens is 252 g/mol. The Kier molecular flexibility index (Phi) is 4.21. The maximum Gasteiger partial charge on any atom is 0.228 e. The van der Waals surface area contributed by atoms with Crippen molar-refractivity contribution in [1.82, 2.24) is 5.32 Å². The minimum atomic E-state index is 0.0920. The van der Waals surface area contributed by atoms with Crippen LogP contribution in [0.5, 0.6) is 5.75 Å². The Hall–Kier alpha value is -1.55. The Morgan fingerprint density at radius 2 is 2.10 bits per heavy atom. The molecule has 2 N–H and O–H groups in total. The summed E-state index contributed by atoms with van der Waals surface area (Å²) in [7, 11) is 0. The summed E-state index contributed by atoms with van der Waals surface area (Å²) >= 11 is 0. The average Bonchev–Trinajstić information content (AvgIpc) is 3.12. The fourth-order valence-corrected chi connectivity index (χ4v) is 2.97. The van der Waals surface area contributed by atoms with Crippen molar-refractivity contribution in [2.75, 3.05) is 18.4 Å². The molecule has 1 amide bonds. The maximum absolute atomic E-state index is 12.1. The summed E-state index contributed by atoms with van der Waals surface area (Å²) in [6, 6.07) is 7.75. The first-order chi connectivity index (χ1) is 9.81. The summed E-state index contributed by atoms with van der Waals surface area (Å²) in [6.07, 6.45) is 6.07. The number of amides is 1. The highest BCUT2D eigenvalue weighted by molar-refractivity contribution is 5.93. The third-order valence-corrected chi connectivity index (χ3v) is 4.14. The first kappa shape index (κ1) is 13.4. The number of nitrogens with one attached hydrogen (secondary N) is 2. The van der Waals surface area contributed by atoms with E-state index in [-0.39, 0.29) is 11.8 Å². The smallest absolute Gasteiger partial charge is 0.228 e. The molecule has 4 heteroatoms. The van der Waals surface area contributed by atoms with Crippen LogP contribution >= 0.6 is 0 Å². The standard InChI is InChI=1S/C16H22N2O2/c19-16(12-8-9-17-11-12)18-13-4-3-7-15(10-13)20-14-5-1-2-6-14/h3-4,7,10,12,14,17H,1-2,5-6,8-9,11H2,(H,18,19). The van der Waals surface area contributed by atoms with E-state index < -0.39 is 0 Å². The van der Waals surface area contributed by atoms with Gasteiger partial charge in [0, 0.05) is 18.3 Å². The molecule has 1 atom stereocenters. The molecule has 108 valence electrons. The van der Waals surface area contributed by atoms with E-state index in [9.17, 15) is 4.79 Å². The summed E-state index contributed by atoms with van der Waals surface area (Å²) < 4.78 is 5.96. The topological polar surface area (TPSA) is 50.4 Å². The van der Waals surface area contributed by atoms with Gasteiger partial charge in [0.1, 0.15) is 5.75 Å². The maximum atomic E-state index is 12.1. The third-order valence-electron chi connectivity index (χ3n) is 4.14. The summed E-state index contributed by atoms with van der Waals surface area (Å²) in [5, 5.41) is 6.20. The van der Waals surface area contributed by atoms with Crippen LogP contribution in [0.1, 0.15) is 32.1 Å². The molecule has 0 spiro atoms. The van der Waals surface area contributed by atoms with Gasteiger partial charge in [-0.1, -0.05) is 6.07 Å². The zero-order chi connectivity index (χ0) is 13.8. The SMILES string of the molecule is O=C(Nc1cccc(OC2CCCC2)c1)C1CCNC1. The lowest BCUT2D eigenvalue weighted by atomic mass is 10.1. The highest BCUT2D eigenvalue weighted by atomic mass is 16.5. The van der Waals surface area contributed by atoms with Crippen molar-refractivity contribution in [3.05, 3.63) is 24.3 Å². The molecule has 1 saturated heterocycles. The second-order valence-electron chi connectivity index (χ2n) is 5.73. The van der Waals surface area contributed by atoms with E-state index in [4.69, 9.17) is 4.74 Å². The van der Waals surface area contributed by atoms with Crippen LogP contribution in [-0.4, -0.2) is 25.1 Å². The molecule has 0 radical (unpaired) electrons. The van der Waals surface area contributed by atoms with Crippen molar-refractivity contribution in [3.63, 3.8) is 0 Å². The minimum Gasteiger partial charge on any atom is -0.490 e. The number of carbonyl (C=O) groups excluding carboxylic acids is 1. The fourth-order valence-electron chi connectivity index (χ4n) is 2.97. The third kappa shape index (κ3) is 3.31. The molecule has 1 unspecified atom stereocenters. The second kappa shape index (κ2) is 6.27. The van der Waals surface area contributed by atoms with Gasteiger partial charge in [0.25, 0.3) is 0 Å². The lowest BCUT2D eigenvalue weighted by molar-refractivity contribution is -0.119. The summed E-state index contributed by atoms with van der Waals surface area (Å²) in [6.45, 7) is 1.72. The predicted molar refractivity (Wildman–Crippen MR) is 78.9 cm³/mol. The van der Waals surface area contributed by atoms with Gasteiger partial charge in [0.2, 0.25) is 5.91 Å². The Morgan fingerprint density at radius 1 is 1.25 bits per heavy atom. The van der Waals surface area contributed by atoms with Gasteiger partial charge in [0.15, 0.2) is 0 Å². The highest BCUT2D eigenvalue weighted by Gasteiger charge is 2.22. The van der Waals surface area contributed by atoms with Crippen molar-refractivity contribution in [2.45, 2.75) is 38.2 Å². The monoisotopic (exact) mass is 274 g/mol. The first-order valence-corrected chi connectivity index (χ1v) is 7.59. The zero-order valence-electron chi connectivity index (χ0n) is 11.7. The summed E-state index contributed by atoms with van der Waals surface area (Å²) in [4.78, 5) is 12.1. The molecule has 4 nitrogen and oxygen atoms in total. The van der Waals surface area contributed by atoms with Crippen LogP contribution in [0.15, 0.2) is 24.3 Å². The molecule has 0 bridgehead atoms. The number of hydrogen-bond acceptors (Lipinski definition) is 3. The van der Waals surface area contributed by atoms with Crippen molar-refractivity contribution in [3.8, 4) is 5.75 Å². The zero-order valence-corrected chi connectivity index (χ0v) is 11.7. The van der Waals surface area contributed by atoms with E-state index in [1.54, 1.807) is 0 Å². The number of anilines is 1. The van der Waals surface area contributed by atoms with E-state index in [2.05, 4.69) is 10.6 Å². The number of benzene rings is 1. The molecule has 0 aromatic heterocycles. The van der Waals surface area contributed by atoms with E-state index in [0.29, 0.717) is 6.10 Å². The molecule has 1 aromatic carbocycles. The van der Waals surface area contributed by atoms with Crippen LogP contribution in [0, 0.1) is 5.92 Å². The normalized spacial score (nSPS) is 22.9. The van der Waals surface area contributed by atoms with Gasteiger partial charge in [-0.2, -0.15) is 0 Å². The van der Waals surface area contributed by atoms with Gasteiger partial charge in [-0.25, -0.2) is 0 Å². The minimum absolute atomic E-state index is 0.0920. The van der Waals surface area contributed by atoms with Gasteiger partial charge >= 0.3 is 0 Å². The quantitative estimate of drug-likeness (QED) is 0.887. The van der Waals surface area contributed by atoms with Gasteiger partial charge < -0.3 is 15.4 Å². The highest BCUT2D eigenvalue weighted by Crippen LogP contribution is 2.26. The Bertz CT molecular complexity index is 463. The molecule has 1 saturated carbocycles. The van der Waals surface area contributed by atoms with Crippen molar-refractivity contribution in [1.29, 1.82) is 0 Å². The fraction of sp³-hybridized carbons (Fsp3) is 0.562. The van der Waals surface area contributed by atoms with Gasteiger partial charge in [-0.15, -0.1) is 0 Å². The molecule has 1 heterocycles. The van der Waals surface area contributed by atoms with Gasteiger partial charge in [-0.05, 0) is 50.8 Å². The largest absolute Gasteiger partial charge is 0.490 e. The Morgan fingerprint density at radius 3 is 2.85 bits per heavy atom. The van der Waals surface area contributed by atoms with Crippen LogP contribution in [0.3, 0.4) is 0 Å². The molecule has 3 rings (SSSR count). The predicted octanol–water partition coefficient (Wildman–Crippen LogP) is 2.56. The summed E-state index contributed by atoms with van der Waals surface area (Å²) in [5.41, 5.74) is 0.831. The molecular formula is C16H22N2O2. The molecule has 20 heavy (non-hydrogen) atoms. The van der Waals surface area contributed by atoms with Crippen LogP contribution in [0.4, 0.5) is 5.69 Å². The van der Waals surface area contributed by atoms with E-state index in [1.165, 1.54) is 12.8 Å². The molecule has 2 aliphatic rings. The molecule has 1 aliphatic heterocycles. The van der Waals surface area contributed by atoms with Crippen molar-refractivity contribution < 1.29 is 9.53 Å². The van der Waals surface area contributed by atoms with Crippen molar-refractivity contribution >= 4 is 11.6 Å². The lowest BCUT2D eigenvalue weighted by Crippen LogP contribution is -2.24. The van der Waals surface area contributed by atoms with Crippen LogP contribution in [0.2, 0.25) is 0 Å². The number of hydrogen-bond donors (Lipinski definition) is 2. The molecule has 1 aliphatic carbocycles. The average molecular weight is 274 g/mol. The van der Waals surface area contributed by atoms with Crippen LogP contribution in [0.25, 0.3) is 0 Å². The first-order valence-electron chi connectivity index (χ1n) is 7.59. The van der Waals surface area contributed by atoms with Crippen LogP contribution < -0.4 is 15.4 Å². The second-order valence-corrected chi connectivity index (χ2v) is 5.73. The number of carbonyl (C=O) groups is 1. The van der Waals surface area contributed by atoms with E-state index in [0.717, 1.165) is 43.8 Å². The number of rotatable bonds is 4. The van der Waals surface area contributed by atoms with Crippen LogP contribution in [-0.2, 0) is 4.79 Å². The lowest BCUT2D eigenvalue weighted by Gasteiger charge is -2.15. The molecule has 1 aromatic rings. The van der Waals surface area contributed by atoms with E-state index in [1.807, 2.05) is 24.3 Å². The van der Waals surface area contributed by atoms with Crippen molar-refractivity contribution in [2.24, 2.45) is 5.92 Å². The summed E-state index contributed by atoms with van der Waals surface area (Å²) in [5.74, 6) is 1.06. The van der Waals surface area contributed by atoms with Gasteiger partial charge in [-0.3, -0.25) is 4.79 Å². The Labute approximate surface area is 119 Å². The van der Waals surface area contributed by atoms with Gasteiger partial charge in [0.05, 0.1) is 12.0 Å². The molecule has 2 fully saturated rings. The number of ether oxygens (including phenoxy) is 1. The van der Waals surface area contributed by atoms with E-state index >= 15 is 0 Å².